The SMILES string of the molecule is Cc1cncc(-n2ccc(CCl)n2)c1. The molecule has 0 aliphatic rings. The van der Waals surface area contributed by atoms with E-state index < -0.39 is 0 Å². The lowest BCUT2D eigenvalue weighted by Crippen LogP contribution is -1.96. The van der Waals surface area contributed by atoms with Crippen molar-refractivity contribution in [1.82, 2.24) is 14.8 Å². The van der Waals surface area contributed by atoms with Crippen molar-refractivity contribution in [3.8, 4) is 5.69 Å². The third kappa shape index (κ3) is 1.77. The first-order valence-corrected chi connectivity index (χ1v) is 4.85. The van der Waals surface area contributed by atoms with Crippen LogP contribution in [-0.2, 0) is 5.88 Å². The number of hydrogen-bond donors (Lipinski definition) is 0. The number of aromatic nitrogens is 3. The Labute approximate surface area is 87.3 Å². The summed E-state index contributed by atoms with van der Waals surface area (Å²) < 4.78 is 1.78. The summed E-state index contributed by atoms with van der Waals surface area (Å²) in [5.41, 5.74) is 2.94. The summed E-state index contributed by atoms with van der Waals surface area (Å²) in [6.45, 7) is 2.00. The van der Waals surface area contributed by atoms with Gasteiger partial charge in [0.05, 0.1) is 23.5 Å². The minimum Gasteiger partial charge on any atom is -0.262 e. The summed E-state index contributed by atoms with van der Waals surface area (Å²) in [6.07, 6.45) is 5.47. The second kappa shape index (κ2) is 3.80. The number of pyridine rings is 1. The first-order chi connectivity index (χ1) is 6.79. The molecule has 72 valence electrons. The van der Waals surface area contributed by atoms with Crippen LogP contribution in [0.15, 0.2) is 30.7 Å². The highest BCUT2D eigenvalue weighted by atomic mass is 35.5. The standard InChI is InChI=1S/C10H10ClN3/c1-8-4-10(7-12-6-8)14-3-2-9(5-11)13-14/h2-4,6-7H,5H2,1H3. The van der Waals surface area contributed by atoms with E-state index in [2.05, 4.69) is 10.1 Å². The number of halogens is 1. The highest BCUT2D eigenvalue weighted by Gasteiger charge is 2.00. The number of nitrogens with zero attached hydrogens (tertiary/aromatic N) is 3. The zero-order chi connectivity index (χ0) is 9.97. The second-order valence-corrected chi connectivity index (χ2v) is 3.37. The Morgan fingerprint density at radius 2 is 2.29 bits per heavy atom. The molecule has 0 spiro atoms. The molecule has 0 unspecified atom stereocenters. The van der Waals surface area contributed by atoms with Gasteiger partial charge in [-0.05, 0) is 24.6 Å². The van der Waals surface area contributed by atoms with E-state index in [0.29, 0.717) is 5.88 Å². The zero-order valence-electron chi connectivity index (χ0n) is 7.81. The molecule has 2 aromatic rings. The second-order valence-electron chi connectivity index (χ2n) is 3.11. The fraction of sp³-hybridized carbons (Fsp3) is 0.200. The molecule has 3 nitrogen and oxygen atoms in total. The summed E-state index contributed by atoms with van der Waals surface area (Å²) in [5.74, 6) is 0.437. The van der Waals surface area contributed by atoms with Crippen LogP contribution in [0, 0.1) is 6.92 Å². The van der Waals surface area contributed by atoms with Gasteiger partial charge in [0, 0.05) is 12.4 Å². The number of rotatable bonds is 2. The monoisotopic (exact) mass is 207 g/mol. The molecule has 0 bridgehead atoms. The quantitative estimate of drug-likeness (QED) is 0.708. The van der Waals surface area contributed by atoms with Gasteiger partial charge in [0.25, 0.3) is 0 Å². The molecular weight excluding hydrogens is 198 g/mol. The first kappa shape index (κ1) is 9.21. The maximum absolute atomic E-state index is 5.67. The van der Waals surface area contributed by atoms with Crippen LogP contribution >= 0.6 is 11.6 Å². The van der Waals surface area contributed by atoms with Gasteiger partial charge in [-0.15, -0.1) is 11.6 Å². The molecule has 2 heterocycles. The van der Waals surface area contributed by atoms with Crippen LogP contribution in [-0.4, -0.2) is 14.8 Å². The topological polar surface area (TPSA) is 30.7 Å². The van der Waals surface area contributed by atoms with Gasteiger partial charge in [0.2, 0.25) is 0 Å². The van der Waals surface area contributed by atoms with Crippen LogP contribution in [0.3, 0.4) is 0 Å². The molecule has 0 aromatic carbocycles. The third-order valence-electron chi connectivity index (χ3n) is 1.91. The van der Waals surface area contributed by atoms with Crippen LogP contribution in [0.4, 0.5) is 0 Å². The fourth-order valence-electron chi connectivity index (χ4n) is 1.24. The Kier molecular flexibility index (Phi) is 2.50. The third-order valence-corrected chi connectivity index (χ3v) is 2.18. The first-order valence-electron chi connectivity index (χ1n) is 4.32. The van der Waals surface area contributed by atoms with Gasteiger partial charge in [-0.3, -0.25) is 4.98 Å². The van der Waals surface area contributed by atoms with Crippen molar-refractivity contribution < 1.29 is 0 Å². The van der Waals surface area contributed by atoms with Gasteiger partial charge in [-0.2, -0.15) is 5.10 Å². The van der Waals surface area contributed by atoms with Crippen molar-refractivity contribution in [2.45, 2.75) is 12.8 Å². The Bertz CT molecular complexity index is 436. The largest absolute Gasteiger partial charge is 0.262 e. The van der Waals surface area contributed by atoms with Crippen molar-refractivity contribution in [2.75, 3.05) is 0 Å². The smallest absolute Gasteiger partial charge is 0.0831 e. The van der Waals surface area contributed by atoms with E-state index in [1.807, 2.05) is 31.5 Å². The number of alkyl halides is 1. The van der Waals surface area contributed by atoms with Crippen LogP contribution < -0.4 is 0 Å². The van der Waals surface area contributed by atoms with E-state index in [-0.39, 0.29) is 0 Å². The van der Waals surface area contributed by atoms with Gasteiger partial charge >= 0.3 is 0 Å². The summed E-state index contributed by atoms with van der Waals surface area (Å²) >= 11 is 5.67. The summed E-state index contributed by atoms with van der Waals surface area (Å²) in [6, 6.07) is 3.92. The van der Waals surface area contributed by atoms with E-state index in [1.54, 1.807) is 10.9 Å². The number of hydrogen-bond acceptors (Lipinski definition) is 2. The molecule has 2 rings (SSSR count). The van der Waals surface area contributed by atoms with Crippen LogP contribution in [0.25, 0.3) is 5.69 Å². The predicted octanol–water partition coefficient (Wildman–Crippen LogP) is 2.31. The number of aryl methyl sites for hydroxylation is 1. The van der Waals surface area contributed by atoms with Gasteiger partial charge in [-0.1, -0.05) is 0 Å². The van der Waals surface area contributed by atoms with E-state index in [4.69, 9.17) is 11.6 Å². The molecule has 2 aromatic heterocycles. The minimum atomic E-state index is 0.437. The molecule has 0 atom stereocenters. The van der Waals surface area contributed by atoms with Crippen molar-refractivity contribution in [3.05, 3.63) is 42.0 Å². The maximum atomic E-state index is 5.67. The average molecular weight is 208 g/mol. The highest BCUT2D eigenvalue weighted by molar-refractivity contribution is 6.16. The summed E-state index contributed by atoms with van der Waals surface area (Å²) in [7, 11) is 0. The summed E-state index contributed by atoms with van der Waals surface area (Å²) in [5, 5.41) is 4.28. The Balaban J connectivity index is 2.39. The molecule has 0 radical (unpaired) electrons. The maximum Gasteiger partial charge on any atom is 0.0831 e. The normalized spacial score (nSPS) is 10.4. The van der Waals surface area contributed by atoms with Gasteiger partial charge < -0.3 is 0 Å². The van der Waals surface area contributed by atoms with Crippen LogP contribution in [0.2, 0.25) is 0 Å². The van der Waals surface area contributed by atoms with Crippen LogP contribution in [0.5, 0.6) is 0 Å². The van der Waals surface area contributed by atoms with E-state index >= 15 is 0 Å². The van der Waals surface area contributed by atoms with Crippen molar-refractivity contribution >= 4 is 11.6 Å². The lowest BCUT2D eigenvalue weighted by atomic mass is 10.3. The fourth-order valence-corrected chi connectivity index (χ4v) is 1.38. The van der Waals surface area contributed by atoms with E-state index in [0.717, 1.165) is 16.9 Å². The highest BCUT2D eigenvalue weighted by Crippen LogP contribution is 2.08. The molecular formula is C10H10ClN3. The molecule has 0 amide bonds. The predicted molar refractivity (Wildman–Crippen MR) is 55.7 cm³/mol. The molecule has 14 heavy (non-hydrogen) atoms. The van der Waals surface area contributed by atoms with Crippen molar-refractivity contribution in [2.24, 2.45) is 0 Å². The molecule has 0 aliphatic carbocycles. The molecule has 0 aliphatic heterocycles. The average Bonchev–Trinajstić information content (AvgIpc) is 2.66. The van der Waals surface area contributed by atoms with Gasteiger partial charge in [0.1, 0.15) is 0 Å². The van der Waals surface area contributed by atoms with Crippen molar-refractivity contribution in [1.29, 1.82) is 0 Å². The van der Waals surface area contributed by atoms with E-state index in [1.165, 1.54) is 0 Å². The van der Waals surface area contributed by atoms with Crippen LogP contribution in [0.1, 0.15) is 11.3 Å². The van der Waals surface area contributed by atoms with Gasteiger partial charge in [0.15, 0.2) is 0 Å². The Hall–Kier alpha value is -1.35. The zero-order valence-corrected chi connectivity index (χ0v) is 8.57. The minimum absolute atomic E-state index is 0.437. The van der Waals surface area contributed by atoms with E-state index in [9.17, 15) is 0 Å². The summed E-state index contributed by atoms with van der Waals surface area (Å²) in [4.78, 5) is 4.10. The molecule has 0 N–H and O–H groups in total. The van der Waals surface area contributed by atoms with Gasteiger partial charge in [-0.25, -0.2) is 4.68 Å². The Morgan fingerprint density at radius 1 is 1.43 bits per heavy atom. The lowest BCUT2D eigenvalue weighted by molar-refractivity contribution is 0.851. The van der Waals surface area contributed by atoms with Crippen molar-refractivity contribution in [3.63, 3.8) is 0 Å². The molecule has 0 fully saturated rings. The lowest BCUT2D eigenvalue weighted by Gasteiger charge is -2.00. The molecule has 4 heteroatoms. The Morgan fingerprint density at radius 3 is 2.93 bits per heavy atom. The molecule has 0 saturated heterocycles. The molecule has 0 saturated carbocycles.